The zero-order valence-electron chi connectivity index (χ0n) is 13.9. The molecule has 1 amide bonds. The van der Waals surface area contributed by atoms with Gasteiger partial charge < -0.3 is 4.90 Å². The number of anilines is 1. The van der Waals surface area contributed by atoms with Crippen LogP contribution in [0.4, 0.5) is 5.69 Å². The normalized spacial score (nSPS) is 20.9. The highest BCUT2D eigenvalue weighted by Gasteiger charge is 2.48. The molecule has 4 heterocycles. The first kappa shape index (κ1) is 15.3. The van der Waals surface area contributed by atoms with Crippen LogP contribution in [0.5, 0.6) is 0 Å². The number of likely N-dealkylation sites (tertiary alicyclic amines) is 1. The molecule has 0 bridgehead atoms. The zero-order valence-corrected chi connectivity index (χ0v) is 13.9. The largest absolute Gasteiger partial charge is 0.309 e. The summed E-state index contributed by atoms with van der Waals surface area (Å²) in [4.78, 5) is 25.3. The van der Waals surface area contributed by atoms with Gasteiger partial charge in [0.15, 0.2) is 0 Å². The van der Waals surface area contributed by atoms with E-state index >= 15 is 0 Å². The SMILES string of the molecule is Cn1cc(CN2CCC3(CC2)CCN(c2cncnc2)C3=O)cn1. The van der Waals surface area contributed by atoms with Crippen LogP contribution in [0.2, 0.25) is 0 Å². The number of nitrogens with zero attached hydrogens (tertiary/aromatic N) is 6. The molecule has 0 N–H and O–H groups in total. The van der Waals surface area contributed by atoms with Gasteiger partial charge in [-0.1, -0.05) is 0 Å². The minimum Gasteiger partial charge on any atom is -0.309 e. The fraction of sp³-hybridized carbons (Fsp3) is 0.529. The summed E-state index contributed by atoms with van der Waals surface area (Å²) in [5, 5.41) is 4.23. The maximum Gasteiger partial charge on any atom is 0.233 e. The lowest BCUT2D eigenvalue weighted by Crippen LogP contribution is -2.44. The standard InChI is InChI=1S/C17H22N6O/c1-21-11-14(8-20-21)12-22-5-2-17(3-6-22)4-7-23(16(17)24)15-9-18-13-19-10-15/h8-11,13H,2-7,12H2,1H3. The highest BCUT2D eigenvalue weighted by Crippen LogP contribution is 2.43. The molecule has 0 unspecified atom stereocenters. The molecule has 0 radical (unpaired) electrons. The maximum absolute atomic E-state index is 13.0. The van der Waals surface area contributed by atoms with Crippen molar-refractivity contribution in [3.8, 4) is 0 Å². The summed E-state index contributed by atoms with van der Waals surface area (Å²) < 4.78 is 1.83. The van der Waals surface area contributed by atoms with Gasteiger partial charge in [-0.15, -0.1) is 0 Å². The number of carbonyl (C=O) groups excluding carboxylic acids is 1. The first-order valence-electron chi connectivity index (χ1n) is 8.43. The predicted molar refractivity (Wildman–Crippen MR) is 89.2 cm³/mol. The van der Waals surface area contributed by atoms with Crippen LogP contribution >= 0.6 is 0 Å². The molecule has 2 aromatic rings. The molecule has 7 nitrogen and oxygen atoms in total. The first-order valence-corrected chi connectivity index (χ1v) is 8.43. The monoisotopic (exact) mass is 326 g/mol. The second kappa shape index (κ2) is 5.98. The van der Waals surface area contributed by atoms with E-state index in [9.17, 15) is 4.79 Å². The van der Waals surface area contributed by atoms with Crippen molar-refractivity contribution < 1.29 is 4.79 Å². The lowest BCUT2D eigenvalue weighted by molar-refractivity contribution is -0.128. The van der Waals surface area contributed by atoms with Crippen molar-refractivity contribution >= 4 is 11.6 Å². The highest BCUT2D eigenvalue weighted by molar-refractivity contribution is 5.99. The van der Waals surface area contributed by atoms with Crippen molar-refractivity contribution in [3.63, 3.8) is 0 Å². The number of aromatic nitrogens is 4. The van der Waals surface area contributed by atoms with Crippen molar-refractivity contribution in [2.24, 2.45) is 12.5 Å². The molecule has 7 heteroatoms. The topological polar surface area (TPSA) is 67.2 Å². The summed E-state index contributed by atoms with van der Waals surface area (Å²) in [6, 6.07) is 0. The van der Waals surface area contributed by atoms with E-state index in [2.05, 4.69) is 26.2 Å². The van der Waals surface area contributed by atoms with E-state index in [0.29, 0.717) is 0 Å². The van der Waals surface area contributed by atoms with Crippen molar-refractivity contribution in [3.05, 3.63) is 36.7 Å². The third-order valence-corrected chi connectivity index (χ3v) is 5.35. The first-order chi connectivity index (χ1) is 11.7. The minimum absolute atomic E-state index is 0.193. The van der Waals surface area contributed by atoms with Gasteiger partial charge in [0.05, 0.1) is 29.7 Å². The Hall–Kier alpha value is -2.28. The number of rotatable bonds is 3. The molecule has 4 rings (SSSR count). The van der Waals surface area contributed by atoms with Crippen LogP contribution in [0.3, 0.4) is 0 Å². The number of hydrogen-bond acceptors (Lipinski definition) is 5. The second-order valence-corrected chi connectivity index (χ2v) is 6.88. The third kappa shape index (κ3) is 2.69. The summed E-state index contributed by atoms with van der Waals surface area (Å²) in [6.07, 6.45) is 11.7. The fourth-order valence-electron chi connectivity index (χ4n) is 3.91. The van der Waals surface area contributed by atoms with Crippen LogP contribution < -0.4 is 4.90 Å². The van der Waals surface area contributed by atoms with E-state index in [4.69, 9.17) is 0 Å². The van der Waals surface area contributed by atoms with Crippen molar-refractivity contribution in [1.82, 2.24) is 24.6 Å². The molecule has 2 aliphatic rings. The van der Waals surface area contributed by atoms with E-state index in [-0.39, 0.29) is 11.3 Å². The third-order valence-electron chi connectivity index (χ3n) is 5.35. The van der Waals surface area contributed by atoms with Crippen LogP contribution in [0.15, 0.2) is 31.1 Å². The molecule has 1 spiro atoms. The smallest absolute Gasteiger partial charge is 0.233 e. The number of aryl methyl sites for hydroxylation is 1. The van der Waals surface area contributed by atoms with Gasteiger partial charge in [-0.3, -0.25) is 14.4 Å². The Morgan fingerprint density at radius 2 is 1.79 bits per heavy atom. The van der Waals surface area contributed by atoms with Crippen molar-refractivity contribution in [1.29, 1.82) is 0 Å². The van der Waals surface area contributed by atoms with Gasteiger partial charge in [0, 0.05) is 31.9 Å². The number of hydrogen-bond donors (Lipinski definition) is 0. The van der Waals surface area contributed by atoms with Gasteiger partial charge in [0.25, 0.3) is 0 Å². The average Bonchev–Trinajstić information content (AvgIpc) is 3.15. The number of piperidine rings is 1. The van der Waals surface area contributed by atoms with Crippen molar-refractivity contribution in [2.75, 3.05) is 24.5 Å². The van der Waals surface area contributed by atoms with Crippen LogP contribution in [-0.2, 0) is 18.4 Å². The Bertz CT molecular complexity index is 720. The molecule has 0 aliphatic carbocycles. The highest BCUT2D eigenvalue weighted by atomic mass is 16.2. The summed E-state index contributed by atoms with van der Waals surface area (Å²) in [6.45, 7) is 3.60. The van der Waals surface area contributed by atoms with Crippen LogP contribution in [0.25, 0.3) is 0 Å². The van der Waals surface area contributed by atoms with E-state index in [1.165, 1.54) is 11.9 Å². The summed E-state index contributed by atoms with van der Waals surface area (Å²) in [5.41, 5.74) is 1.85. The molecule has 0 atom stereocenters. The van der Waals surface area contributed by atoms with E-state index < -0.39 is 0 Å². The lowest BCUT2D eigenvalue weighted by atomic mass is 9.77. The van der Waals surface area contributed by atoms with Crippen molar-refractivity contribution in [2.45, 2.75) is 25.8 Å². The van der Waals surface area contributed by atoms with E-state index in [1.54, 1.807) is 12.4 Å². The lowest BCUT2D eigenvalue weighted by Gasteiger charge is -2.37. The molecular weight excluding hydrogens is 304 g/mol. The Kier molecular flexibility index (Phi) is 3.80. The fourth-order valence-corrected chi connectivity index (χ4v) is 3.91. The molecule has 24 heavy (non-hydrogen) atoms. The number of carbonyl (C=O) groups is 1. The van der Waals surface area contributed by atoms with Gasteiger partial charge in [0.2, 0.25) is 5.91 Å². The van der Waals surface area contributed by atoms with Gasteiger partial charge in [-0.25, -0.2) is 9.97 Å². The number of amides is 1. The Morgan fingerprint density at radius 3 is 2.46 bits per heavy atom. The Labute approximate surface area is 141 Å². The summed E-state index contributed by atoms with van der Waals surface area (Å²) in [7, 11) is 1.94. The molecule has 2 fully saturated rings. The van der Waals surface area contributed by atoms with Crippen LogP contribution in [-0.4, -0.2) is 50.2 Å². The quantitative estimate of drug-likeness (QED) is 0.849. The van der Waals surface area contributed by atoms with Gasteiger partial charge in [-0.05, 0) is 32.4 Å². The van der Waals surface area contributed by atoms with Crippen LogP contribution in [0.1, 0.15) is 24.8 Å². The molecule has 0 saturated carbocycles. The van der Waals surface area contributed by atoms with Crippen LogP contribution in [0, 0.1) is 5.41 Å². The molecule has 2 aromatic heterocycles. The zero-order chi connectivity index (χ0) is 16.6. The minimum atomic E-state index is -0.193. The molecule has 0 aromatic carbocycles. The molecule has 126 valence electrons. The van der Waals surface area contributed by atoms with E-state index in [1.807, 2.05) is 22.8 Å². The molecular formula is C17H22N6O. The van der Waals surface area contributed by atoms with Gasteiger partial charge in [0.1, 0.15) is 6.33 Å². The second-order valence-electron chi connectivity index (χ2n) is 6.88. The average molecular weight is 326 g/mol. The van der Waals surface area contributed by atoms with E-state index in [0.717, 1.165) is 51.1 Å². The summed E-state index contributed by atoms with van der Waals surface area (Å²) >= 11 is 0. The maximum atomic E-state index is 13.0. The Morgan fingerprint density at radius 1 is 1.08 bits per heavy atom. The van der Waals surface area contributed by atoms with Gasteiger partial charge in [-0.2, -0.15) is 5.10 Å². The molecule has 2 aliphatic heterocycles. The Balaban J connectivity index is 1.40. The van der Waals surface area contributed by atoms with Gasteiger partial charge >= 0.3 is 0 Å². The summed E-state index contributed by atoms with van der Waals surface area (Å²) in [5.74, 6) is 0.248. The molecule has 2 saturated heterocycles. The predicted octanol–water partition coefficient (Wildman–Crippen LogP) is 1.23.